The smallest absolute Gasteiger partial charge is 0.261 e. The summed E-state index contributed by atoms with van der Waals surface area (Å²) in [6.07, 6.45) is 0. The van der Waals surface area contributed by atoms with Gasteiger partial charge >= 0.3 is 0 Å². The summed E-state index contributed by atoms with van der Waals surface area (Å²) in [5, 5.41) is 0. The summed E-state index contributed by atoms with van der Waals surface area (Å²) in [6, 6.07) is 20.9. The molecular formula is C28H25N3O5. The van der Waals surface area contributed by atoms with Gasteiger partial charge in [-0.3, -0.25) is 24.1 Å². The number of carbonyl (C=O) groups is 4. The van der Waals surface area contributed by atoms with Crippen LogP contribution in [0.4, 0.5) is 0 Å². The Morgan fingerprint density at radius 3 is 1.89 bits per heavy atom. The van der Waals surface area contributed by atoms with E-state index in [0.29, 0.717) is 48.6 Å². The lowest BCUT2D eigenvalue weighted by atomic mass is 10.0. The minimum Gasteiger partial charge on any atom is -0.497 e. The summed E-state index contributed by atoms with van der Waals surface area (Å²) in [7, 11) is 1.57. The highest BCUT2D eigenvalue weighted by atomic mass is 16.5. The third-order valence-electron chi connectivity index (χ3n) is 6.59. The Kier molecular flexibility index (Phi) is 6.25. The van der Waals surface area contributed by atoms with Crippen LogP contribution < -0.4 is 4.74 Å². The van der Waals surface area contributed by atoms with Gasteiger partial charge in [0.05, 0.1) is 24.8 Å². The Hall–Kier alpha value is -4.46. The molecule has 5 rings (SSSR count). The van der Waals surface area contributed by atoms with E-state index in [1.807, 2.05) is 30.3 Å². The summed E-state index contributed by atoms with van der Waals surface area (Å²) < 4.78 is 5.14. The molecule has 3 aromatic carbocycles. The van der Waals surface area contributed by atoms with Gasteiger partial charge in [-0.1, -0.05) is 30.3 Å². The summed E-state index contributed by atoms with van der Waals surface area (Å²) in [5.41, 5.74) is 2.33. The van der Waals surface area contributed by atoms with Crippen LogP contribution in [0.2, 0.25) is 0 Å². The topological polar surface area (TPSA) is 87.2 Å². The van der Waals surface area contributed by atoms with Gasteiger partial charge in [-0.25, -0.2) is 0 Å². The zero-order chi connectivity index (χ0) is 25.2. The SMILES string of the molecule is COc1ccc(C(=O)N2CCN(C(=O)c3ccc4c(c3)C(=O)N(Cc3ccccc3)C4=O)CC2)cc1. The summed E-state index contributed by atoms with van der Waals surface area (Å²) >= 11 is 0. The Morgan fingerprint density at radius 1 is 0.722 bits per heavy atom. The zero-order valence-electron chi connectivity index (χ0n) is 19.8. The fraction of sp³-hybridized carbons (Fsp3) is 0.214. The van der Waals surface area contributed by atoms with Crippen molar-refractivity contribution in [3.05, 3.63) is 101 Å². The molecule has 0 N–H and O–H groups in total. The van der Waals surface area contributed by atoms with Crippen LogP contribution in [0.3, 0.4) is 0 Å². The number of rotatable bonds is 5. The van der Waals surface area contributed by atoms with E-state index >= 15 is 0 Å². The first-order valence-electron chi connectivity index (χ1n) is 11.7. The fourth-order valence-electron chi connectivity index (χ4n) is 4.54. The number of carbonyl (C=O) groups excluding carboxylic acids is 4. The monoisotopic (exact) mass is 483 g/mol. The van der Waals surface area contributed by atoms with E-state index < -0.39 is 5.91 Å². The lowest BCUT2D eigenvalue weighted by Crippen LogP contribution is -2.50. The van der Waals surface area contributed by atoms with Crippen molar-refractivity contribution in [2.24, 2.45) is 0 Å². The molecule has 3 aromatic rings. The van der Waals surface area contributed by atoms with Gasteiger partial charge in [0.25, 0.3) is 23.6 Å². The molecule has 8 nitrogen and oxygen atoms in total. The number of imide groups is 1. The largest absolute Gasteiger partial charge is 0.497 e. The fourth-order valence-corrected chi connectivity index (χ4v) is 4.54. The Labute approximate surface area is 208 Å². The molecule has 0 unspecified atom stereocenters. The van der Waals surface area contributed by atoms with E-state index in [1.165, 1.54) is 11.0 Å². The number of fused-ring (bicyclic) bond motifs is 1. The van der Waals surface area contributed by atoms with Crippen molar-refractivity contribution in [2.75, 3.05) is 33.3 Å². The molecule has 2 aliphatic rings. The second kappa shape index (κ2) is 9.65. The average molecular weight is 484 g/mol. The first-order chi connectivity index (χ1) is 17.5. The van der Waals surface area contributed by atoms with Crippen LogP contribution in [0, 0.1) is 0 Å². The van der Waals surface area contributed by atoms with Crippen LogP contribution >= 0.6 is 0 Å². The van der Waals surface area contributed by atoms with Gasteiger partial charge in [-0.2, -0.15) is 0 Å². The molecule has 2 heterocycles. The van der Waals surface area contributed by atoms with Gasteiger partial charge in [-0.15, -0.1) is 0 Å². The van der Waals surface area contributed by atoms with Gasteiger partial charge in [0.15, 0.2) is 0 Å². The predicted molar refractivity (Wildman–Crippen MR) is 132 cm³/mol. The zero-order valence-corrected chi connectivity index (χ0v) is 19.8. The highest BCUT2D eigenvalue weighted by Crippen LogP contribution is 2.26. The molecule has 0 radical (unpaired) electrons. The number of hydrogen-bond acceptors (Lipinski definition) is 5. The van der Waals surface area contributed by atoms with Gasteiger partial charge in [0, 0.05) is 37.3 Å². The van der Waals surface area contributed by atoms with E-state index in [9.17, 15) is 19.2 Å². The summed E-state index contributed by atoms with van der Waals surface area (Å²) in [4.78, 5) is 56.4. The third-order valence-corrected chi connectivity index (χ3v) is 6.59. The molecule has 8 heteroatoms. The molecule has 0 spiro atoms. The highest BCUT2D eigenvalue weighted by Gasteiger charge is 2.36. The molecule has 0 atom stereocenters. The molecule has 4 amide bonds. The normalized spacial score (nSPS) is 15.2. The Morgan fingerprint density at radius 2 is 1.28 bits per heavy atom. The third kappa shape index (κ3) is 4.33. The lowest BCUT2D eigenvalue weighted by Gasteiger charge is -2.35. The number of hydrogen-bond donors (Lipinski definition) is 0. The number of ether oxygens (including phenoxy) is 1. The van der Waals surface area contributed by atoms with Gasteiger partial charge in [0.2, 0.25) is 0 Å². The van der Waals surface area contributed by atoms with Crippen LogP contribution in [0.15, 0.2) is 72.8 Å². The second-order valence-electron chi connectivity index (χ2n) is 8.76. The summed E-state index contributed by atoms with van der Waals surface area (Å²) in [6.45, 7) is 1.75. The molecule has 0 saturated carbocycles. The maximum Gasteiger partial charge on any atom is 0.261 e. The Bertz CT molecular complexity index is 1330. The van der Waals surface area contributed by atoms with Crippen LogP contribution in [0.1, 0.15) is 47.0 Å². The molecule has 0 aliphatic carbocycles. The van der Waals surface area contributed by atoms with E-state index in [0.717, 1.165) is 5.56 Å². The van der Waals surface area contributed by atoms with E-state index in [2.05, 4.69) is 0 Å². The molecule has 1 saturated heterocycles. The average Bonchev–Trinajstić information content (AvgIpc) is 3.17. The Balaban J connectivity index is 1.24. The maximum absolute atomic E-state index is 13.2. The maximum atomic E-state index is 13.2. The van der Waals surface area contributed by atoms with Crippen molar-refractivity contribution in [3.8, 4) is 5.75 Å². The minimum atomic E-state index is -0.400. The molecule has 0 bridgehead atoms. The number of piperazine rings is 1. The first kappa shape index (κ1) is 23.3. The number of nitrogens with zero attached hydrogens (tertiary/aromatic N) is 3. The van der Waals surface area contributed by atoms with Crippen LogP contribution in [-0.4, -0.2) is 71.6 Å². The minimum absolute atomic E-state index is 0.0927. The molecule has 1 fully saturated rings. The van der Waals surface area contributed by atoms with Crippen molar-refractivity contribution in [1.29, 1.82) is 0 Å². The van der Waals surface area contributed by atoms with E-state index in [-0.39, 0.29) is 29.8 Å². The van der Waals surface area contributed by atoms with Crippen molar-refractivity contribution in [2.45, 2.75) is 6.54 Å². The standard InChI is InChI=1S/C28H25N3O5/c1-36-22-10-7-20(8-11-22)25(32)29-13-15-30(16-14-29)26(33)21-9-12-23-24(17-21)28(35)31(27(23)34)18-19-5-3-2-4-6-19/h2-12,17H,13-16,18H2,1H3. The number of methoxy groups -OCH3 is 1. The van der Waals surface area contributed by atoms with Crippen molar-refractivity contribution < 1.29 is 23.9 Å². The molecule has 36 heavy (non-hydrogen) atoms. The van der Waals surface area contributed by atoms with Crippen molar-refractivity contribution >= 4 is 23.6 Å². The van der Waals surface area contributed by atoms with E-state index in [4.69, 9.17) is 4.74 Å². The highest BCUT2D eigenvalue weighted by molar-refractivity contribution is 6.22. The molecular weight excluding hydrogens is 458 g/mol. The second-order valence-corrected chi connectivity index (χ2v) is 8.76. The molecule has 2 aliphatic heterocycles. The molecule has 0 aromatic heterocycles. The van der Waals surface area contributed by atoms with Crippen molar-refractivity contribution in [3.63, 3.8) is 0 Å². The number of amides is 4. The molecule has 182 valence electrons. The quantitative estimate of drug-likeness (QED) is 0.521. The number of benzene rings is 3. The van der Waals surface area contributed by atoms with Gasteiger partial charge in [0.1, 0.15) is 5.75 Å². The van der Waals surface area contributed by atoms with Gasteiger partial charge in [-0.05, 0) is 48.0 Å². The lowest BCUT2D eigenvalue weighted by molar-refractivity contribution is 0.0535. The predicted octanol–water partition coefficient (Wildman–Crippen LogP) is 3.09. The summed E-state index contributed by atoms with van der Waals surface area (Å²) in [5.74, 6) is -0.396. The van der Waals surface area contributed by atoms with Crippen LogP contribution in [0.5, 0.6) is 5.75 Å². The van der Waals surface area contributed by atoms with E-state index in [1.54, 1.807) is 53.3 Å². The van der Waals surface area contributed by atoms with Crippen LogP contribution in [-0.2, 0) is 6.54 Å². The van der Waals surface area contributed by atoms with Crippen LogP contribution in [0.25, 0.3) is 0 Å². The first-order valence-corrected chi connectivity index (χ1v) is 11.7. The van der Waals surface area contributed by atoms with Crippen molar-refractivity contribution in [1.82, 2.24) is 14.7 Å². The van der Waals surface area contributed by atoms with Gasteiger partial charge < -0.3 is 14.5 Å².